The van der Waals surface area contributed by atoms with E-state index in [2.05, 4.69) is 0 Å². The van der Waals surface area contributed by atoms with Crippen molar-refractivity contribution in [3.05, 3.63) is 10.1 Å². The lowest BCUT2D eigenvalue weighted by Crippen LogP contribution is -2.33. The second-order valence-corrected chi connectivity index (χ2v) is 3.16. The molecule has 1 unspecified atom stereocenters. The highest BCUT2D eigenvalue weighted by Gasteiger charge is 2.29. The van der Waals surface area contributed by atoms with Crippen molar-refractivity contribution in [2.24, 2.45) is 5.41 Å². The van der Waals surface area contributed by atoms with Gasteiger partial charge in [-0.25, -0.2) is 0 Å². The molecule has 0 amide bonds. The Kier molecular flexibility index (Phi) is 2.77. The van der Waals surface area contributed by atoms with Crippen molar-refractivity contribution in [1.82, 2.24) is 0 Å². The van der Waals surface area contributed by atoms with Crippen LogP contribution in [0, 0.1) is 15.5 Å². The summed E-state index contributed by atoms with van der Waals surface area (Å²) < 4.78 is 0. The molecule has 10 heavy (non-hydrogen) atoms. The van der Waals surface area contributed by atoms with Gasteiger partial charge in [-0.3, -0.25) is 10.1 Å². The molecule has 0 radical (unpaired) electrons. The Bertz CT molecular complexity index is 131. The van der Waals surface area contributed by atoms with Crippen LogP contribution in [0.4, 0.5) is 0 Å². The Morgan fingerprint density at radius 1 is 1.70 bits per heavy atom. The Balaban J connectivity index is 3.99. The van der Waals surface area contributed by atoms with Crippen molar-refractivity contribution in [1.29, 1.82) is 0 Å². The average molecular weight is 147 g/mol. The number of aliphatic hydroxyl groups is 1. The first-order valence-electron chi connectivity index (χ1n) is 3.16. The van der Waals surface area contributed by atoms with Crippen LogP contribution in [0.25, 0.3) is 0 Å². The summed E-state index contributed by atoms with van der Waals surface area (Å²) >= 11 is 0. The minimum absolute atomic E-state index is 0.190. The van der Waals surface area contributed by atoms with Crippen molar-refractivity contribution in [3.8, 4) is 0 Å². The van der Waals surface area contributed by atoms with Gasteiger partial charge in [-0.2, -0.15) is 0 Å². The molecular weight excluding hydrogens is 134 g/mol. The Morgan fingerprint density at radius 2 is 2.10 bits per heavy atom. The van der Waals surface area contributed by atoms with E-state index in [-0.39, 0.29) is 6.54 Å². The van der Waals surface area contributed by atoms with Crippen LogP contribution in [0.1, 0.15) is 20.8 Å². The van der Waals surface area contributed by atoms with Gasteiger partial charge in [-0.05, 0) is 6.92 Å². The van der Waals surface area contributed by atoms with Gasteiger partial charge in [0.15, 0.2) is 0 Å². The molecule has 0 fully saturated rings. The van der Waals surface area contributed by atoms with Crippen molar-refractivity contribution in [3.63, 3.8) is 0 Å². The fourth-order valence-electron chi connectivity index (χ4n) is 0.465. The van der Waals surface area contributed by atoms with Crippen LogP contribution in [0.3, 0.4) is 0 Å². The largest absolute Gasteiger partial charge is 0.393 e. The van der Waals surface area contributed by atoms with Crippen molar-refractivity contribution < 1.29 is 10.0 Å². The quantitative estimate of drug-likeness (QED) is 0.471. The van der Waals surface area contributed by atoms with E-state index in [1.54, 1.807) is 20.8 Å². The van der Waals surface area contributed by atoms with E-state index in [0.717, 1.165) is 0 Å². The third kappa shape index (κ3) is 2.77. The molecule has 4 nitrogen and oxygen atoms in total. The van der Waals surface area contributed by atoms with Gasteiger partial charge in [-0.1, -0.05) is 13.8 Å². The van der Waals surface area contributed by atoms with E-state index in [0.29, 0.717) is 0 Å². The fraction of sp³-hybridized carbons (Fsp3) is 1.00. The van der Waals surface area contributed by atoms with Crippen molar-refractivity contribution in [2.75, 3.05) is 6.54 Å². The van der Waals surface area contributed by atoms with Gasteiger partial charge in [0.25, 0.3) is 0 Å². The molecule has 0 rings (SSSR count). The van der Waals surface area contributed by atoms with Crippen LogP contribution in [0.15, 0.2) is 0 Å². The van der Waals surface area contributed by atoms with E-state index >= 15 is 0 Å². The fourth-order valence-corrected chi connectivity index (χ4v) is 0.465. The topological polar surface area (TPSA) is 63.4 Å². The molecule has 1 N–H and O–H groups in total. The zero-order chi connectivity index (χ0) is 8.36. The minimum Gasteiger partial charge on any atom is -0.393 e. The van der Waals surface area contributed by atoms with Gasteiger partial charge in [0.1, 0.15) is 0 Å². The zero-order valence-electron chi connectivity index (χ0n) is 6.50. The number of hydrogen-bond acceptors (Lipinski definition) is 3. The summed E-state index contributed by atoms with van der Waals surface area (Å²) in [6.45, 7) is 4.70. The Labute approximate surface area is 60.0 Å². The lowest BCUT2D eigenvalue weighted by atomic mass is 9.88. The molecule has 0 aromatic carbocycles. The number of rotatable bonds is 3. The number of nitrogens with zero attached hydrogens (tertiary/aromatic N) is 1. The van der Waals surface area contributed by atoms with Gasteiger partial charge in [0.2, 0.25) is 6.54 Å². The highest BCUT2D eigenvalue weighted by molar-refractivity contribution is 4.72. The summed E-state index contributed by atoms with van der Waals surface area (Å²) in [6, 6.07) is 0. The molecule has 1 atom stereocenters. The SMILES string of the molecule is CC(O)C(C)(C)C[N+](=O)[O-]. The standard InChI is InChI=1S/C6H13NO3/c1-5(8)6(2,3)4-7(9)10/h5,8H,4H2,1-3H3. The predicted octanol–water partition coefficient (Wildman–Crippen LogP) is 0.670. The predicted molar refractivity (Wildman–Crippen MR) is 37.3 cm³/mol. The second-order valence-electron chi connectivity index (χ2n) is 3.16. The molecule has 0 bridgehead atoms. The van der Waals surface area contributed by atoms with Crippen molar-refractivity contribution >= 4 is 0 Å². The first kappa shape index (κ1) is 9.36. The van der Waals surface area contributed by atoms with E-state index in [1.165, 1.54) is 0 Å². The minimum atomic E-state index is -0.641. The molecule has 0 aromatic rings. The van der Waals surface area contributed by atoms with Gasteiger partial charge < -0.3 is 5.11 Å². The van der Waals surface area contributed by atoms with Gasteiger partial charge in [0.05, 0.1) is 11.5 Å². The number of hydrogen-bond donors (Lipinski definition) is 1. The molecule has 0 aliphatic rings. The molecule has 0 spiro atoms. The maximum atomic E-state index is 10.0. The maximum absolute atomic E-state index is 10.0. The van der Waals surface area contributed by atoms with Gasteiger partial charge in [0, 0.05) is 4.92 Å². The van der Waals surface area contributed by atoms with Gasteiger partial charge in [-0.15, -0.1) is 0 Å². The lowest BCUT2D eigenvalue weighted by molar-refractivity contribution is -0.498. The highest BCUT2D eigenvalue weighted by Crippen LogP contribution is 2.19. The van der Waals surface area contributed by atoms with Crippen LogP contribution in [-0.2, 0) is 0 Å². The molecule has 0 saturated heterocycles. The van der Waals surface area contributed by atoms with Crippen LogP contribution in [0.5, 0.6) is 0 Å². The molecule has 0 saturated carbocycles. The van der Waals surface area contributed by atoms with Crippen LogP contribution in [0.2, 0.25) is 0 Å². The monoisotopic (exact) mass is 147 g/mol. The number of aliphatic hydroxyl groups excluding tert-OH is 1. The Hall–Kier alpha value is -0.640. The summed E-state index contributed by atoms with van der Waals surface area (Å²) in [7, 11) is 0. The summed E-state index contributed by atoms with van der Waals surface area (Å²) in [5, 5.41) is 19.0. The summed E-state index contributed by atoms with van der Waals surface area (Å²) in [6.07, 6.45) is -0.641. The average Bonchev–Trinajstić information content (AvgIpc) is 1.60. The van der Waals surface area contributed by atoms with E-state index in [9.17, 15) is 10.1 Å². The number of nitro groups is 1. The Morgan fingerprint density at radius 3 is 2.20 bits per heavy atom. The highest BCUT2D eigenvalue weighted by atomic mass is 16.6. The molecule has 0 aliphatic heterocycles. The van der Waals surface area contributed by atoms with Crippen LogP contribution in [-0.4, -0.2) is 22.7 Å². The molecular formula is C6H13NO3. The second kappa shape index (κ2) is 2.96. The molecule has 0 aromatic heterocycles. The third-order valence-corrected chi connectivity index (χ3v) is 1.67. The summed E-state index contributed by atoms with van der Waals surface area (Å²) in [4.78, 5) is 9.60. The lowest BCUT2D eigenvalue weighted by Gasteiger charge is -2.22. The van der Waals surface area contributed by atoms with E-state index in [4.69, 9.17) is 5.11 Å². The first-order valence-corrected chi connectivity index (χ1v) is 3.16. The molecule has 0 heterocycles. The normalized spacial score (nSPS) is 14.8. The molecule has 4 heteroatoms. The van der Waals surface area contributed by atoms with E-state index < -0.39 is 16.4 Å². The summed E-state index contributed by atoms with van der Waals surface area (Å²) in [5.74, 6) is 0. The van der Waals surface area contributed by atoms with Crippen LogP contribution >= 0.6 is 0 Å². The van der Waals surface area contributed by atoms with Gasteiger partial charge >= 0.3 is 0 Å². The zero-order valence-corrected chi connectivity index (χ0v) is 6.50. The molecule has 60 valence electrons. The molecule has 0 aliphatic carbocycles. The van der Waals surface area contributed by atoms with E-state index in [1.807, 2.05) is 0 Å². The maximum Gasteiger partial charge on any atom is 0.211 e. The summed E-state index contributed by atoms with van der Waals surface area (Å²) in [5.41, 5.74) is -0.622. The third-order valence-electron chi connectivity index (χ3n) is 1.67. The smallest absolute Gasteiger partial charge is 0.211 e. The van der Waals surface area contributed by atoms with Crippen LogP contribution < -0.4 is 0 Å². The first-order chi connectivity index (χ1) is 4.36. The van der Waals surface area contributed by atoms with Crippen molar-refractivity contribution in [2.45, 2.75) is 26.9 Å².